The lowest BCUT2D eigenvalue weighted by molar-refractivity contribution is -0.138. The standard InChI is InChI=1S/C32H29F3N2O4/c1-18(2)27-13-14-37(36-27)21-5-3-19(4-6-21)31-25-10-12-28(24(25)9-11-26(31)32(33,34)35)41-22-7-8-23-20(15-30(38)39)17-40-29(23)16-22/h3-9,11,13-14,16,18,20,28H,10,12,15,17H2,1-2H3,(H,38,39)/t20-,28-/m1/s1. The van der Waals surface area contributed by atoms with Gasteiger partial charge < -0.3 is 14.6 Å². The topological polar surface area (TPSA) is 73.6 Å². The molecule has 0 bridgehead atoms. The number of hydrogen-bond acceptors (Lipinski definition) is 4. The van der Waals surface area contributed by atoms with Crippen molar-refractivity contribution in [2.75, 3.05) is 6.61 Å². The Kier molecular flexibility index (Phi) is 6.76. The third-order valence-corrected chi connectivity index (χ3v) is 7.84. The van der Waals surface area contributed by atoms with Crippen LogP contribution in [0.5, 0.6) is 11.5 Å². The highest BCUT2D eigenvalue weighted by atomic mass is 19.4. The Morgan fingerprint density at radius 2 is 1.85 bits per heavy atom. The molecule has 1 aliphatic heterocycles. The van der Waals surface area contributed by atoms with Gasteiger partial charge in [-0.3, -0.25) is 4.79 Å². The van der Waals surface area contributed by atoms with Crippen LogP contribution in [0.25, 0.3) is 16.8 Å². The van der Waals surface area contributed by atoms with Crippen molar-refractivity contribution < 1.29 is 32.5 Å². The number of aliphatic carboxylic acids is 1. The van der Waals surface area contributed by atoms with E-state index in [-0.39, 0.29) is 23.8 Å². The van der Waals surface area contributed by atoms with Gasteiger partial charge in [0.1, 0.15) is 17.6 Å². The van der Waals surface area contributed by atoms with Gasteiger partial charge in [0, 0.05) is 23.7 Å². The van der Waals surface area contributed by atoms with Gasteiger partial charge in [-0.25, -0.2) is 4.68 Å². The summed E-state index contributed by atoms with van der Waals surface area (Å²) in [6.07, 6.45) is -2.12. The molecular formula is C32H29F3N2O4. The van der Waals surface area contributed by atoms with Gasteiger partial charge in [-0.15, -0.1) is 0 Å². The number of ether oxygens (including phenoxy) is 2. The van der Waals surface area contributed by atoms with E-state index in [0.717, 1.165) is 28.6 Å². The van der Waals surface area contributed by atoms with Crippen LogP contribution >= 0.6 is 0 Å². The van der Waals surface area contributed by atoms with Gasteiger partial charge in [-0.2, -0.15) is 18.3 Å². The molecule has 3 aromatic carbocycles. The summed E-state index contributed by atoms with van der Waals surface area (Å²) in [5, 5.41) is 13.7. The fourth-order valence-corrected chi connectivity index (χ4v) is 5.80. The number of benzene rings is 3. The third kappa shape index (κ3) is 5.16. The molecule has 2 heterocycles. The SMILES string of the molecule is CC(C)c1ccn(-c2ccc(-c3c(C(F)(F)F)ccc4c3CC[C@H]4Oc3ccc4c(c3)OC[C@H]4CC(=O)O)cc2)n1. The molecule has 0 saturated heterocycles. The molecule has 212 valence electrons. The van der Waals surface area contributed by atoms with E-state index in [1.165, 1.54) is 6.07 Å². The van der Waals surface area contributed by atoms with Crippen molar-refractivity contribution in [3.05, 3.63) is 94.8 Å². The third-order valence-electron chi connectivity index (χ3n) is 7.84. The number of hydrogen-bond donors (Lipinski definition) is 1. The molecule has 4 aromatic rings. The van der Waals surface area contributed by atoms with Crippen molar-refractivity contribution in [2.24, 2.45) is 0 Å². The highest BCUT2D eigenvalue weighted by Gasteiger charge is 2.38. The molecule has 41 heavy (non-hydrogen) atoms. The van der Waals surface area contributed by atoms with Crippen molar-refractivity contribution in [1.82, 2.24) is 9.78 Å². The molecule has 0 saturated carbocycles. The maximum atomic E-state index is 14.2. The van der Waals surface area contributed by atoms with Gasteiger partial charge in [0.05, 0.1) is 30.0 Å². The van der Waals surface area contributed by atoms with Gasteiger partial charge in [-0.1, -0.05) is 38.1 Å². The second-order valence-electron chi connectivity index (χ2n) is 10.9. The van der Waals surface area contributed by atoms with Crippen molar-refractivity contribution >= 4 is 5.97 Å². The monoisotopic (exact) mass is 562 g/mol. The van der Waals surface area contributed by atoms with Crippen molar-refractivity contribution in [3.63, 3.8) is 0 Å². The average Bonchev–Trinajstić information content (AvgIpc) is 3.67. The summed E-state index contributed by atoms with van der Waals surface area (Å²) in [4.78, 5) is 11.1. The predicted molar refractivity (Wildman–Crippen MR) is 147 cm³/mol. The minimum atomic E-state index is -4.51. The smallest absolute Gasteiger partial charge is 0.417 e. The van der Waals surface area contributed by atoms with Crippen molar-refractivity contribution in [1.29, 1.82) is 0 Å². The first-order valence-corrected chi connectivity index (χ1v) is 13.6. The molecule has 6 nitrogen and oxygen atoms in total. The van der Waals surface area contributed by atoms with Crippen LogP contribution in [-0.4, -0.2) is 27.5 Å². The highest BCUT2D eigenvalue weighted by molar-refractivity contribution is 5.75. The maximum Gasteiger partial charge on any atom is 0.417 e. The molecule has 9 heteroatoms. The van der Waals surface area contributed by atoms with Gasteiger partial charge in [0.2, 0.25) is 0 Å². The number of carbonyl (C=O) groups is 1. The first-order chi connectivity index (χ1) is 19.6. The zero-order valence-electron chi connectivity index (χ0n) is 22.6. The van der Waals surface area contributed by atoms with Gasteiger partial charge in [-0.05, 0) is 71.3 Å². The first-order valence-electron chi connectivity index (χ1n) is 13.6. The summed E-state index contributed by atoms with van der Waals surface area (Å²) in [6.45, 7) is 4.40. The van der Waals surface area contributed by atoms with E-state index in [4.69, 9.17) is 14.6 Å². The molecule has 1 N–H and O–H groups in total. The number of halogens is 3. The van der Waals surface area contributed by atoms with E-state index in [1.807, 2.05) is 18.3 Å². The Balaban J connectivity index is 1.30. The van der Waals surface area contributed by atoms with E-state index >= 15 is 0 Å². The fraction of sp³-hybridized carbons (Fsp3) is 0.312. The van der Waals surface area contributed by atoms with Crippen LogP contribution in [0.15, 0.2) is 66.9 Å². The van der Waals surface area contributed by atoms with Crippen molar-refractivity contribution in [3.8, 4) is 28.3 Å². The Morgan fingerprint density at radius 3 is 2.54 bits per heavy atom. The minimum Gasteiger partial charge on any atom is -0.492 e. The van der Waals surface area contributed by atoms with Crippen LogP contribution in [0.1, 0.15) is 72.6 Å². The maximum absolute atomic E-state index is 14.2. The van der Waals surface area contributed by atoms with Crippen LogP contribution in [-0.2, 0) is 17.4 Å². The molecular weight excluding hydrogens is 533 g/mol. The zero-order chi connectivity index (χ0) is 28.9. The van der Waals surface area contributed by atoms with Gasteiger partial charge >= 0.3 is 12.1 Å². The summed E-state index contributed by atoms with van der Waals surface area (Å²) in [7, 11) is 0. The van der Waals surface area contributed by atoms with Gasteiger partial charge in [0.15, 0.2) is 0 Å². The molecule has 0 fully saturated rings. The molecule has 2 atom stereocenters. The molecule has 0 radical (unpaired) electrons. The highest BCUT2D eigenvalue weighted by Crippen LogP contribution is 2.47. The van der Waals surface area contributed by atoms with Crippen molar-refractivity contribution in [2.45, 2.75) is 57.2 Å². The van der Waals surface area contributed by atoms with E-state index in [2.05, 4.69) is 18.9 Å². The Morgan fingerprint density at radius 1 is 1.10 bits per heavy atom. The quantitative estimate of drug-likeness (QED) is 0.250. The lowest BCUT2D eigenvalue weighted by Crippen LogP contribution is -2.10. The number of aromatic nitrogens is 2. The molecule has 0 spiro atoms. The van der Waals surface area contributed by atoms with E-state index in [0.29, 0.717) is 42.1 Å². The van der Waals surface area contributed by atoms with E-state index < -0.39 is 23.8 Å². The largest absolute Gasteiger partial charge is 0.492 e. The Hall–Kier alpha value is -4.27. The number of nitrogens with zero attached hydrogens (tertiary/aromatic N) is 2. The molecule has 1 aliphatic carbocycles. The first kappa shape index (κ1) is 26.9. The van der Waals surface area contributed by atoms with Crippen LogP contribution in [0.3, 0.4) is 0 Å². The fourth-order valence-electron chi connectivity index (χ4n) is 5.80. The summed E-state index contributed by atoms with van der Waals surface area (Å²) in [5.74, 6) is 0.273. The molecule has 6 rings (SSSR count). The zero-order valence-corrected chi connectivity index (χ0v) is 22.6. The lowest BCUT2D eigenvalue weighted by atomic mass is 9.91. The lowest BCUT2D eigenvalue weighted by Gasteiger charge is -2.20. The van der Waals surface area contributed by atoms with E-state index in [1.54, 1.807) is 41.1 Å². The second kappa shape index (κ2) is 10.3. The number of carboxylic acid groups (broad SMARTS) is 1. The second-order valence-corrected chi connectivity index (χ2v) is 10.9. The number of rotatable bonds is 7. The molecule has 2 aliphatic rings. The predicted octanol–water partition coefficient (Wildman–Crippen LogP) is 7.70. The van der Waals surface area contributed by atoms with Crippen LogP contribution < -0.4 is 9.47 Å². The van der Waals surface area contributed by atoms with Crippen LogP contribution in [0, 0.1) is 0 Å². The summed E-state index contributed by atoms with van der Waals surface area (Å²) >= 11 is 0. The number of carboxylic acids is 1. The minimum absolute atomic E-state index is 0.0184. The Labute approximate surface area is 235 Å². The number of alkyl halides is 3. The summed E-state index contributed by atoms with van der Waals surface area (Å²) < 4.78 is 56.3. The van der Waals surface area contributed by atoms with Crippen LogP contribution in [0.2, 0.25) is 0 Å². The normalized spacial score (nSPS) is 17.8. The molecule has 0 unspecified atom stereocenters. The molecule has 0 amide bonds. The average molecular weight is 563 g/mol. The van der Waals surface area contributed by atoms with Gasteiger partial charge in [0.25, 0.3) is 0 Å². The molecule has 1 aromatic heterocycles. The summed E-state index contributed by atoms with van der Waals surface area (Å²) in [6, 6.07) is 16.9. The van der Waals surface area contributed by atoms with Crippen LogP contribution in [0.4, 0.5) is 13.2 Å². The Bertz CT molecular complexity index is 1610. The van der Waals surface area contributed by atoms with E-state index in [9.17, 15) is 18.0 Å². The summed E-state index contributed by atoms with van der Waals surface area (Å²) in [5.41, 5.74) is 3.91. The number of fused-ring (bicyclic) bond motifs is 2.